The van der Waals surface area contributed by atoms with E-state index in [4.69, 9.17) is 4.74 Å². The van der Waals surface area contributed by atoms with Gasteiger partial charge in [0.25, 0.3) is 0 Å². The van der Waals surface area contributed by atoms with Gasteiger partial charge < -0.3 is 15.0 Å². The van der Waals surface area contributed by atoms with Crippen molar-refractivity contribution in [1.82, 2.24) is 9.21 Å². The smallest absolute Gasteiger partial charge is 0.321 e. The Bertz CT molecular complexity index is 910. The predicted octanol–water partition coefficient (Wildman–Crippen LogP) is 2.37. The lowest BCUT2D eigenvalue weighted by Crippen LogP contribution is -2.51. The molecule has 0 bridgehead atoms. The highest BCUT2D eigenvalue weighted by Crippen LogP contribution is 2.21. The molecular formula is C18H20FN3O4S. The molecule has 1 aliphatic heterocycles. The van der Waals surface area contributed by atoms with Crippen molar-refractivity contribution in [3.63, 3.8) is 0 Å². The van der Waals surface area contributed by atoms with E-state index < -0.39 is 15.8 Å². The zero-order valence-corrected chi connectivity index (χ0v) is 15.6. The predicted molar refractivity (Wildman–Crippen MR) is 98.7 cm³/mol. The molecule has 1 saturated heterocycles. The Balaban J connectivity index is 1.61. The van der Waals surface area contributed by atoms with Crippen LogP contribution in [0.5, 0.6) is 5.75 Å². The monoisotopic (exact) mass is 393 g/mol. The van der Waals surface area contributed by atoms with E-state index in [9.17, 15) is 17.6 Å². The number of hydrogen-bond donors (Lipinski definition) is 1. The zero-order valence-electron chi connectivity index (χ0n) is 14.8. The van der Waals surface area contributed by atoms with Crippen molar-refractivity contribution in [2.45, 2.75) is 4.90 Å². The average Bonchev–Trinajstić information content (AvgIpc) is 2.69. The number of hydrogen-bond acceptors (Lipinski definition) is 4. The van der Waals surface area contributed by atoms with Gasteiger partial charge in [-0.3, -0.25) is 0 Å². The third kappa shape index (κ3) is 4.20. The molecule has 1 heterocycles. The molecule has 7 nitrogen and oxygen atoms in total. The van der Waals surface area contributed by atoms with Gasteiger partial charge in [-0.2, -0.15) is 4.31 Å². The Labute approximate surface area is 157 Å². The van der Waals surface area contributed by atoms with E-state index in [2.05, 4.69) is 5.32 Å². The molecule has 27 heavy (non-hydrogen) atoms. The number of piperazine rings is 1. The summed E-state index contributed by atoms with van der Waals surface area (Å²) in [6.07, 6.45) is 0. The van der Waals surface area contributed by atoms with Crippen LogP contribution in [0.25, 0.3) is 0 Å². The molecule has 9 heteroatoms. The highest BCUT2D eigenvalue weighted by atomic mass is 32.2. The van der Waals surface area contributed by atoms with E-state index >= 15 is 0 Å². The number of benzene rings is 2. The van der Waals surface area contributed by atoms with E-state index in [0.29, 0.717) is 11.4 Å². The maximum Gasteiger partial charge on any atom is 0.321 e. The Morgan fingerprint density at radius 1 is 1.04 bits per heavy atom. The summed E-state index contributed by atoms with van der Waals surface area (Å²) >= 11 is 0. The molecule has 2 amide bonds. The van der Waals surface area contributed by atoms with Crippen LogP contribution in [0.15, 0.2) is 53.4 Å². The number of carbonyl (C=O) groups excluding carboxylic acids is 1. The zero-order chi connectivity index (χ0) is 19.4. The van der Waals surface area contributed by atoms with Gasteiger partial charge in [-0.15, -0.1) is 0 Å². The summed E-state index contributed by atoms with van der Waals surface area (Å²) in [6.45, 7) is 0.644. The van der Waals surface area contributed by atoms with Gasteiger partial charge in [0.05, 0.1) is 7.11 Å². The lowest BCUT2D eigenvalue weighted by molar-refractivity contribution is 0.184. The minimum atomic E-state index is -3.92. The molecule has 1 N–H and O–H groups in total. The van der Waals surface area contributed by atoms with E-state index in [1.807, 2.05) is 0 Å². The third-order valence-electron chi connectivity index (χ3n) is 4.32. The number of nitrogens with one attached hydrogen (secondary N) is 1. The van der Waals surface area contributed by atoms with Crippen molar-refractivity contribution in [3.05, 3.63) is 54.3 Å². The first kappa shape index (κ1) is 19.1. The lowest BCUT2D eigenvalue weighted by Gasteiger charge is -2.34. The molecule has 0 unspecified atom stereocenters. The first-order valence-corrected chi connectivity index (χ1v) is 9.80. The van der Waals surface area contributed by atoms with Gasteiger partial charge in [0.2, 0.25) is 10.0 Å². The molecule has 144 valence electrons. The van der Waals surface area contributed by atoms with Gasteiger partial charge in [-0.05, 0) is 36.4 Å². The van der Waals surface area contributed by atoms with Crippen LogP contribution in [0.4, 0.5) is 14.9 Å². The van der Waals surface area contributed by atoms with Gasteiger partial charge in [-0.25, -0.2) is 17.6 Å². The second kappa shape index (κ2) is 7.93. The molecule has 2 aromatic rings. The fraction of sp³-hybridized carbons (Fsp3) is 0.278. The summed E-state index contributed by atoms with van der Waals surface area (Å²) in [6, 6.07) is 11.9. The largest absolute Gasteiger partial charge is 0.497 e. The minimum absolute atomic E-state index is 0.104. The SMILES string of the molecule is COc1ccc(NC(=O)N2CCN(S(=O)(=O)c3ccccc3F)CC2)cc1. The fourth-order valence-corrected chi connectivity index (χ4v) is 4.29. The highest BCUT2D eigenvalue weighted by Gasteiger charge is 2.31. The molecule has 0 radical (unpaired) electrons. The average molecular weight is 393 g/mol. The molecule has 0 aliphatic carbocycles. The molecule has 0 aromatic heterocycles. The van der Waals surface area contributed by atoms with Crippen LogP contribution >= 0.6 is 0 Å². The van der Waals surface area contributed by atoms with Gasteiger partial charge in [0, 0.05) is 31.9 Å². The summed E-state index contributed by atoms with van der Waals surface area (Å²) in [7, 11) is -2.36. The van der Waals surface area contributed by atoms with Crippen LogP contribution in [0, 0.1) is 5.82 Å². The molecule has 1 aliphatic rings. The van der Waals surface area contributed by atoms with Crippen molar-refractivity contribution < 1.29 is 22.3 Å². The Kier molecular flexibility index (Phi) is 5.62. The van der Waals surface area contributed by atoms with E-state index in [1.54, 1.807) is 31.4 Å². The maximum atomic E-state index is 13.9. The number of halogens is 1. The number of sulfonamides is 1. The lowest BCUT2D eigenvalue weighted by atomic mass is 10.3. The van der Waals surface area contributed by atoms with E-state index in [1.165, 1.54) is 27.4 Å². The van der Waals surface area contributed by atoms with Crippen LogP contribution in [-0.4, -0.2) is 56.9 Å². The summed E-state index contributed by atoms with van der Waals surface area (Å²) in [5, 5.41) is 2.76. The van der Waals surface area contributed by atoms with Crippen LogP contribution in [0.1, 0.15) is 0 Å². The topological polar surface area (TPSA) is 79.0 Å². The van der Waals surface area contributed by atoms with Gasteiger partial charge in [0.1, 0.15) is 16.5 Å². The number of nitrogens with zero attached hydrogens (tertiary/aromatic N) is 2. The number of methoxy groups -OCH3 is 1. The maximum absolute atomic E-state index is 13.9. The number of carbonyl (C=O) groups is 1. The molecule has 1 fully saturated rings. The van der Waals surface area contributed by atoms with Crippen molar-refractivity contribution in [2.24, 2.45) is 0 Å². The Morgan fingerprint density at radius 3 is 2.26 bits per heavy atom. The molecule has 0 saturated carbocycles. The Hall–Kier alpha value is -2.65. The molecular weight excluding hydrogens is 373 g/mol. The van der Waals surface area contributed by atoms with Gasteiger partial charge in [-0.1, -0.05) is 12.1 Å². The van der Waals surface area contributed by atoms with Crippen LogP contribution in [0.3, 0.4) is 0 Å². The number of urea groups is 1. The number of ether oxygens (including phenoxy) is 1. The molecule has 2 aromatic carbocycles. The summed E-state index contributed by atoms with van der Waals surface area (Å²) in [5.41, 5.74) is 0.613. The fourth-order valence-electron chi connectivity index (χ4n) is 2.80. The number of amides is 2. The number of anilines is 1. The summed E-state index contributed by atoms with van der Waals surface area (Å²) in [5.74, 6) is -0.0999. The van der Waals surface area contributed by atoms with E-state index in [-0.39, 0.29) is 37.1 Å². The minimum Gasteiger partial charge on any atom is -0.497 e. The van der Waals surface area contributed by atoms with Crippen molar-refractivity contribution in [1.29, 1.82) is 0 Å². The summed E-state index contributed by atoms with van der Waals surface area (Å²) < 4.78 is 45.3. The highest BCUT2D eigenvalue weighted by molar-refractivity contribution is 7.89. The second-order valence-electron chi connectivity index (χ2n) is 5.98. The van der Waals surface area contributed by atoms with E-state index in [0.717, 1.165) is 6.07 Å². The standard InChI is InChI=1S/C18H20FN3O4S/c1-26-15-8-6-14(7-9-15)20-18(23)21-10-12-22(13-11-21)27(24,25)17-5-3-2-4-16(17)19/h2-9H,10-13H2,1H3,(H,20,23). The van der Waals surface area contributed by atoms with Crippen LogP contribution in [-0.2, 0) is 10.0 Å². The van der Waals surface area contributed by atoms with Crippen molar-refractivity contribution in [3.8, 4) is 5.75 Å². The van der Waals surface area contributed by atoms with Crippen LogP contribution in [0.2, 0.25) is 0 Å². The molecule has 0 spiro atoms. The quantitative estimate of drug-likeness (QED) is 0.865. The molecule has 0 atom stereocenters. The first-order chi connectivity index (χ1) is 12.9. The second-order valence-corrected chi connectivity index (χ2v) is 7.89. The van der Waals surface area contributed by atoms with Crippen LogP contribution < -0.4 is 10.1 Å². The van der Waals surface area contributed by atoms with Gasteiger partial charge >= 0.3 is 6.03 Å². The third-order valence-corrected chi connectivity index (χ3v) is 6.25. The molecule has 3 rings (SSSR count). The Morgan fingerprint density at radius 2 is 1.67 bits per heavy atom. The summed E-state index contributed by atoms with van der Waals surface area (Å²) in [4.78, 5) is 13.5. The van der Waals surface area contributed by atoms with Gasteiger partial charge in [0.15, 0.2) is 0 Å². The van der Waals surface area contributed by atoms with Crippen molar-refractivity contribution >= 4 is 21.7 Å². The normalized spacial score (nSPS) is 15.4. The first-order valence-electron chi connectivity index (χ1n) is 8.36. The number of rotatable bonds is 4. The van der Waals surface area contributed by atoms with Crippen molar-refractivity contribution in [2.75, 3.05) is 38.6 Å².